The van der Waals surface area contributed by atoms with Gasteiger partial charge in [-0.3, -0.25) is 0 Å². The lowest BCUT2D eigenvalue weighted by Crippen LogP contribution is -2.31. The van der Waals surface area contributed by atoms with Gasteiger partial charge in [0.2, 0.25) is 11.9 Å². The van der Waals surface area contributed by atoms with Gasteiger partial charge in [0.1, 0.15) is 6.23 Å². The van der Waals surface area contributed by atoms with E-state index in [-0.39, 0.29) is 6.23 Å². The van der Waals surface area contributed by atoms with Gasteiger partial charge >= 0.3 is 0 Å². The zero-order chi connectivity index (χ0) is 29.1. The fourth-order valence-electron chi connectivity index (χ4n) is 5.45. The van der Waals surface area contributed by atoms with Gasteiger partial charge in [-0.25, -0.2) is 14.2 Å². The number of imidazole rings is 1. The van der Waals surface area contributed by atoms with Gasteiger partial charge in [0.15, 0.2) is 5.65 Å². The van der Waals surface area contributed by atoms with Crippen LogP contribution in [0.25, 0.3) is 27.8 Å². The summed E-state index contributed by atoms with van der Waals surface area (Å²) in [5.41, 5.74) is 12.8. The standard InChI is InChI=1S/C17H24N6O.C13H18N4/c1-6-24-12(4)22-10-13(9-19-22)14-7-8-15-20-17(18-5)21-23(15)16(14)11(2)3;1-16-12-6-5-10(14)9-11(12)15-13(16)17-7-3-2-4-8-17/h7-12H,6H2,1-5H3,(H,18,21);5-6,9H,2-4,7-8,14H2,1H3. The van der Waals surface area contributed by atoms with E-state index in [1.165, 1.54) is 19.3 Å². The van der Waals surface area contributed by atoms with Crippen molar-refractivity contribution in [2.24, 2.45) is 7.05 Å². The van der Waals surface area contributed by atoms with Crippen LogP contribution in [-0.2, 0) is 11.8 Å². The monoisotopic (exact) mass is 558 g/mol. The smallest absolute Gasteiger partial charge is 0.242 e. The Labute approximate surface area is 241 Å². The predicted octanol–water partition coefficient (Wildman–Crippen LogP) is 5.46. The van der Waals surface area contributed by atoms with Gasteiger partial charge in [0.05, 0.1) is 22.9 Å². The van der Waals surface area contributed by atoms with Crippen LogP contribution in [0.1, 0.15) is 64.8 Å². The third-order valence-electron chi connectivity index (χ3n) is 7.52. The molecule has 11 nitrogen and oxygen atoms in total. The number of hydrogen-bond acceptors (Lipinski definition) is 8. The number of rotatable bonds is 7. The molecule has 11 heteroatoms. The predicted molar refractivity (Wildman–Crippen MR) is 165 cm³/mol. The molecule has 1 aliphatic rings. The molecule has 0 spiro atoms. The highest BCUT2D eigenvalue weighted by atomic mass is 16.5. The summed E-state index contributed by atoms with van der Waals surface area (Å²) in [6.07, 6.45) is 7.68. The van der Waals surface area contributed by atoms with E-state index in [0.29, 0.717) is 18.5 Å². The topological polar surface area (TPSA) is 116 Å². The van der Waals surface area contributed by atoms with Crippen LogP contribution in [0.5, 0.6) is 0 Å². The number of fused-ring (bicyclic) bond motifs is 2. The zero-order valence-corrected chi connectivity index (χ0v) is 25.0. The average Bonchev–Trinajstić information content (AvgIpc) is 3.70. The van der Waals surface area contributed by atoms with Crippen molar-refractivity contribution in [3.05, 3.63) is 48.4 Å². The molecule has 5 aromatic rings. The summed E-state index contributed by atoms with van der Waals surface area (Å²) in [6, 6.07) is 10.0. The van der Waals surface area contributed by atoms with E-state index in [1.54, 1.807) is 0 Å². The second-order valence-electron chi connectivity index (χ2n) is 10.8. The van der Waals surface area contributed by atoms with E-state index in [2.05, 4.69) is 56.9 Å². The van der Waals surface area contributed by atoms with E-state index >= 15 is 0 Å². The van der Waals surface area contributed by atoms with Gasteiger partial charge in [0.25, 0.3) is 0 Å². The molecule has 6 rings (SSSR count). The average molecular weight is 559 g/mol. The summed E-state index contributed by atoms with van der Waals surface area (Å²) < 4.78 is 11.5. The number of nitrogens with one attached hydrogen (secondary N) is 1. The van der Waals surface area contributed by atoms with Crippen molar-refractivity contribution in [3.63, 3.8) is 0 Å². The summed E-state index contributed by atoms with van der Waals surface area (Å²) >= 11 is 0. The maximum Gasteiger partial charge on any atom is 0.242 e. The van der Waals surface area contributed by atoms with Crippen molar-refractivity contribution in [2.75, 3.05) is 42.7 Å². The minimum atomic E-state index is -0.0859. The molecule has 1 unspecified atom stereocenters. The molecule has 3 N–H and O–H groups in total. The van der Waals surface area contributed by atoms with Crippen LogP contribution in [0.15, 0.2) is 42.7 Å². The molecule has 1 saturated heterocycles. The summed E-state index contributed by atoms with van der Waals surface area (Å²) in [5, 5.41) is 12.0. The first kappa shape index (κ1) is 28.4. The molecule has 1 aromatic carbocycles. The molecule has 218 valence electrons. The Kier molecular flexibility index (Phi) is 8.44. The molecule has 1 atom stereocenters. The number of ether oxygens (including phenoxy) is 1. The molecular formula is C30H42N10O. The van der Waals surface area contributed by atoms with Crippen LogP contribution in [0.2, 0.25) is 0 Å². The molecule has 1 aliphatic heterocycles. The zero-order valence-electron chi connectivity index (χ0n) is 25.0. The Bertz CT molecular complexity index is 1610. The lowest BCUT2D eigenvalue weighted by molar-refractivity contribution is 0.0160. The van der Waals surface area contributed by atoms with Crippen LogP contribution in [0, 0.1) is 0 Å². The number of nitrogens with zero attached hydrogens (tertiary/aromatic N) is 8. The Morgan fingerprint density at radius 2 is 1.83 bits per heavy atom. The summed E-state index contributed by atoms with van der Waals surface area (Å²) in [4.78, 5) is 11.5. The van der Waals surface area contributed by atoms with Gasteiger partial charge < -0.3 is 25.3 Å². The molecule has 5 heterocycles. The van der Waals surface area contributed by atoms with E-state index in [1.807, 2.05) is 66.8 Å². The van der Waals surface area contributed by atoms with Crippen molar-refractivity contribution in [2.45, 2.75) is 59.1 Å². The number of nitrogens with two attached hydrogens (primary N) is 1. The van der Waals surface area contributed by atoms with E-state index in [4.69, 9.17) is 15.5 Å². The molecule has 0 saturated carbocycles. The number of pyridine rings is 1. The van der Waals surface area contributed by atoms with Crippen LogP contribution >= 0.6 is 0 Å². The lowest BCUT2D eigenvalue weighted by Gasteiger charge is -2.27. The van der Waals surface area contributed by atoms with E-state index in [0.717, 1.165) is 58.2 Å². The number of hydrogen-bond donors (Lipinski definition) is 2. The van der Waals surface area contributed by atoms with Crippen molar-refractivity contribution >= 4 is 34.3 Å². The van der Waals surface area contributed by atoms with E-state index in [9.17, 15) is 0 Å². The summed E-state index contributed by atoms with van der Waals surface area (Å²) in [5.74, 6) is 1.99. The van der Waals surface area contributed by atoms with Crippen LogP contribution in [-0.4, -0.2) is 60.7 Å². The Hall–Kier alpha value is -4.12. The van der Waals surface area contributed by atoms with E-state index < -0.39 is 0 Å². The first-order valence-electron chi connectivity index (χ1n) is 14.5. The van der Waals surface area contributed by atoms with Gasteiger partial charge in [-0.15, -0.1) is 5.10 Å². The minimum absolute atomic E-state index is 0.0859. The number of anilines is 3. The fourth-order valence-corrected chi connectivity index (χ4v) is 5.45. The van der Waals surface area contributed by atoms with Crippen LogP contribution in [0.3, 0.4) is 0 Å². The van der Waals surface area contributed by atoms with Crippen molar-refractivity contribution in [1.82, 2.24) is 33.9 Å². The van der Waals surface area contributed by atoms with Crippen molar-refractivity contribution in [3.8, 4) is 11.1 Å². The first-order valence-corrected chi connectivity index (χ1v) is 14.5. The highest BCUT2D eigenvalue weighted by Crippen LogP contribution is 2.30. The Balaban J connectivity index is 0.000000174. The number of aromatic nitrogens is 7. The molecule has 0 bridgehead atoms. The van der Waals surface area contributed by atoms with Crippen LogP contribution < -0.4 is 16.0 Å². The third kappa shape index (κ3) is 5.85. The molecule has 4 aromatic heterocycles. The first-order chi connectivity index (χ1) is 19.8. The summed E-state index contributed by atoms with van der Waals surface area (Å²) in [6.45, 7) is 11.2. The third-order valence-corrected chi connectivity index (χ3v) is 7.52. The van der Waals surface area contributed by atoms with Crippen LogP contribution in [0.4, 0.5) is 17.6 Å². The fraction of sp³-hybridized carbons (Fsp3) is 0.467. The highest BCUT2D eigenvalue weighted by molar-refractivity contribution is 5.82. The molecule has 41 heavy (non-hydrogen) atoms. The number of aryl methyl sites for hydroxylation is 1. The molecule has 0 radical (unpaired) electrons. The van der Waals surface area contributed by atoms with Gasteiger partial charge in [0, 0.05) is 56.8 Å². The van der Waals surface area contributed by atoms with Gasteiger partial charge in [-0.2, -0.15) is 10.1 Å². The maximum atomic E-state index is 5.80. The number of nitrogen functional groups attached to an aromatic ring is 1. The van der Waals surface area contributed by atoms with Crippen molar-refractivity contribution < 1.29 is 4.74 Å². The quantitative estimate of drug-likeness (QED) is 0.253. The van der Waals surface area contributed by atoms with Crippen molar-refractivity contribution in [1.29, 1.82) is 0 Å². The highest BCUT2D eigenvalue weighted by Gasteiger charge is 2.19. The SMILES string of the molecule is CCOC(C)n1cc(-c2ccc3nc(NC)nn3c2C(C)C)cn1.Cn1c(N2CCCCC2)nc2cc(N)ccc21. The van der Waals surface area contributed by atoms with Gasteiger partial charge in [-0.1, -0.05) is 13.8 Å². The second kappa shape index (κ2) is 12.2. The second-order valence-corrected chi connectivity index (χ2v) is 10.8. The maximum absolute atomic E-state index is 5.80. The molecule has 0 amide bonds. The molecule has 0 aliphatic carbocycles. The normalized spacial score (nSPS) is 14.5. The number of piperidine rings is 1. The van der Waals surface area contributed by atoms with Gasteiger partial charge in [-0.05, 0) is 69.4 Å². The Morgan fingerprint density at radius 3 is 2.54 bits per heavy atom. The molecule has 1 fully saturated rings. The molecular weight excluding hydrogens is 516 g/mol. The minimum Gasteiger partial charge on any atom is -0.399 e. The Morgan fingerprint density at radius 1 is 1.05 bits per heavy atom. The largest absolute Gasteiger partial charge is 0.399 e. The summed E-state index contributed by atoms with van der Waals surface area (Å²) in [7, 11) is 3.90. The number of benzene rings is 1. The lowest BCUT2D eigenvalue weighted by atomic mass is 10.00.